The van der Waals surface area contributed by atoms with Gasteiger partial charge < -0.3 is 9.32 Å². The molecule has 4 nitrogen and oxygen atoms in total. The molecule has 0 spiro atoms. The smallest absolute Gasteiger partial charge is 0.289 e. The average molecular weight is 474 g/mol. The van der Waals surface area contributed by atoms with Gasteiger partial charge in [0, 0.05) is 31.3 Å². The van der Waals surface area contributed by atoms with Gasteiger partial charge in [0.2, 0.25) is 0 Å². The number of likely N-dealkylation sites (N-methyl/N-ethyl adjacent to an activating group) is 1. The fourth-order valence-electron chi connectivity index (χ4n) is 4.66. The monoisotopic (exact) mass is 474 g/mol. The van der Waals surface area contributed by atoms with Gasteiger partial charge in [-0.25, -0.2) is 17.6 Å². The summed E-state index contributed by atoms with van der Waals surface area (Å²) < 4.78 is 60.7. The van der Waals surface area contributed by atoms with E-state index < -0.39 is 23.3 Å². The number of carbonyl (C=O) groups is 1. The Hall–Kier alpha value is -3.13. The van der Waals surface area contributed by atoms with Crippen LogP contribution in [0.15, 0.2) is 59.2 Å². The van der Waals surface area contributed by atoms with Crippen molar-refractivity contribution in [1.82, 2.24) is 9.80 Å². The first-order valence-electron chi connectivity index (χ1n) is 11.2. The molecule has 1 fully saturated rings. The lowest BCUT2D eigenvalue weighted by molar-refractivity contribution is 0.0553. The standard InChI is InChI=1S/C26H26F4N2O2/c1-31(26(33)25-3-2-12-34-25)24(14-18-4-5-21(28)15-23(18)30)17-8-10-32(11-9-17)16-19-13-20(27)6-7-22(19)29/h2-7,12-13,15,17,24H,8-11,14,16H2,1H3/t24-/m0/s1. The predicted octanol–water partition coefficient (Wildman–Crippen LogP) is 5.43. The quantitative estimate of drug-likeness (QED) is 0.429. The van der Waals surface area contributed by atoms with E-state index >= 15 is 0 Å². The summed E-state index contributed by atoms with van der Waals surface area (Å²) >= 11 is 0. The first kappa shape index (κ1) is 24.0. The SMILES string of the molecule is CN(C(=O)c1ccco1)[C@@H](Cc1ccc(F)cc1F)C1CCN(Cc2cc(F)ccc2F)CC1. The molecular weight excluding hydrogens is 448 g/mol. The normalized spacial score (nSPS) is 15.9. The van der Waals surface area contributed by atoms with Crippen LogP contribution in [0.5, 0.6) is 0 Å². The van der Waals surface area contributed by atoms with Gasteiger partial charge in [-0.2, -0.15) is 0 Å². The highest BCUT2D eigenvalue weighted by atomic mass is 19.1. The summed E-state index contributed by atoms with van der Waals surface area (Å²) in [5.74, 6) is -2.34. The molecule has 0 saturated carbocycles. The molecule has 4 rings (SSSR count). The summed E-state index contributed by atoms with van der Waals surface area (Å²) in [6.45, 7) is 1.52. The minimum atomic E-state index is -0.657. The van der Waals surface area contributed by atoms with Crippen LogP contribution in [0.3, 0.4) is 0 Å². The molecule has 0 radical (unpaired) electrons. The van der Waals surface area contributed by atoms with Crippen LogP contribution in [0.1, 0.15) is 34.5 Å². The van der Waals surface area contributed by atoms with Crippen molar-refractivity contribution in [3.63, 3.8) is 0 Å². The topological polar surface area (TPSA) is 36.7 Å². The van der Waals surface area contributed by atoms with E-state index in [4.69, 9.17) is 4.42 Å². The molecule has 1 aromatic heterocycles. The minimum absolute atomic E-state index is 0.0296. The number of rotatable bonds is 7. The number of amides is 1. The van der Waals surface area contributed by atoms with Gasteiger partial charge in [0.25, 0.3) is 5.91 Å². The third-order valence-corrected chi connectivity index (χ3v) is 6.57. The van der Waals surface area contributed by atoms with Crippen molar-refractivity contribution in [3.05, 3.63) is 95.0 Å². The number of hydrogen-bond acceptors (Lipinski definition) is 3. The number of halogens is 4. The molecule has 2 aromatic carbocycles. The van der Waals surface area contributed by atoms with Gasteiger partial charge in [-0.05, 0) is 80.2 Å². The van der Waals surface area contributed by atoms with Crippen molar-refractivity contribution in [2.24, 2.45) is 5.92 Å². The van der Waals surface area contributed by atoms with Crippen molar-refractivity contribution in [2.75, 3.05) is 20.1 Å². The second kappa shape index (κ2) is 10.4. The average Bonchev–Trinajstić information content (AvgIpc) is 3.36. The molecule has 0 aliphatic carbocycles. The maximum atomic E-state index is 14.5. The molecule has 2 heterocycles. The van der Waals surface area contributed by atoms with E-state index in [9.17, 15) is 22.4 Å². The number of furan rings is 1. The maximum absolute atomic E-state index is 14.5. The van der Waals surface area contributed by atoms with Gasteiger partial charge in [-0.1, -0.05) is 6.07 Å². The van der Waals surface area contributed by atoms with Gasteiger partial charge >= 0.3 is 0 Å². The largest absolute Gasteiger partial charge is 0.459 e. The summed E-state index contributed by atoms with van der Waals surface area (Å²) in [4.78, 5) is 16.6. The van der Waals surface area contributed by atoms with Crippen LogP contribution in [0.4, 0.5) is 17.6 Å². The van der Waals surface area contributed by atoms with Gasteiger partial charge in [0.1, 0.15) is 23.3 Å². The molecular formula is C26H26F4N2O2. The number of hydrogen-bond donors (Lipinski definition) is 0. The molecule has 0 N–H and O–H groups in total. The molecule has 3 aromatic rings. The first-order chi connectivity index (χ1) is 16.3. The maximum Gasteiger partial charge on any atom is 0.289 e. The molecule has 34 heavy (non-hydrogen) atoms. The molecule has 8 heteroatoms. The first-order valence-corrected chi connectivity index (χ1v) is 11.2. The van der Waals surface area contributed by atoms with E-state index in [-0.39, 0.29) is 36.6 Å². The van der Waals surface area contributed by atoms with E-state index in [0.717, 1.165) is 18.2 Å². The molecule has 1 aliphatic rings. The van der Waals surface area contributed by atoms with Crippen molar-refractivity contribution < 1.29 is 26.8 Å². The molecule has 1 saturated heterocycles. The molecule has 0 unspecified atom stereocenters. The lowest BCUT2D eigenvalue weighted by atomic mass is 9.84. The van der Waals surface area contributed by atoms with E-state index in [1.807, 2.05) is 4.90 Å². The minimum Gasteiger partial charge on any atom is -0.459 e. The Labute approximate surface area is 195 Å². The molecule has 0 bridgehead atoms. The summed E-state index contributed by atoms with van der Waals surface area (Å²) in [5.41, 5.74) is 0.628. The van der Waals surface area contributed by atoms with Crippen LogP contribution in [0, 0.1) is 29.2 Å². The zero-order valence-corrected chi connectivity index (χ0v) is 18.8. The predicted molar refractivity (Wildman–Crippen MR) is 119 cm³/mol. The van der Waals surface area contributed by atoms with Crippen LogP contribution in [-0.2, 0) is 13.0 Å². The fourth-order valence-corrected chi connectivity index (χ4v) is 4.66. The van der Waals surface area contributed by atoms with Gasteiger partial charge in [0.15, 0.2) is 5.76 Å². The Kier molecular flexibility index (Phi) is 7.36. The number of nitrogens with zero attached hydrogens (tertiary/aromatic N) is 2. The Morgan fingerprint density at radius 1 is 1.00 bits per heavy atom. The second-order valence-electron chi connectivity index (χ2n) is 8.75. The second-order valence-corrected chi connectivity index (χ2v) is 8.75. The Morgan fingerprint density at radius 2 is 1.71 bits per heavy atom. The van der Waals surface area contributed by atoms with Crippen molar-refractivity contribution in [1.29, 1.82) is 0 Å². The zero-order chi connectivity index (χ0) is 24.2. The summed E-state index contributed by atoms with van der Waals surface area (Å²) in [7, 11) is 1.66. The van der Waals surface area contributed by atoms with Gasteiger partial charge in [-0.15, -0.1) is 0 Å². The highest BCUT2D eigenvalue weighted by molar-refractivity contribution is 5.91. The van der Waals surface area contributed by atoms with E-state index in [2.05, 4.69) is 0 Å². The lowest BCUT2D eigenvalue weighted by Gasteiger charge is -2.40. The number of carbonyl (C=O) groups excluding carboxylic acids is 1. The summed E-state index contributed by atoms with van der Waals surface area (Å²) in [6.07, 6.45) is 3.00. The lowest BCUT2D eigenvalue weighted by Crippen LogP contribution is -2.47. The third kappa shape index (κ3) is 5.50. The van der Waals surface area contributed by atoms with Crippen LogP contribution < -0.4 is 0 Å². The van der Waals surface area contributed by atoms with Crippen LogP contribution in [-0.4, -0.2) is 41.9 Å². The Bertz CT molecular complexity index is 1130. The van der Waals surface area contributed by atoms with Gasteiger partial charge in [0.05, 0.1) is 6.26 Å². The summed E-state index contributed by atoms with van der Waals surface area (Å²) in [6, 6.07) is 9.73. The van der Waals surface area contributed by atoms with E-state index in [1.165, 1.54) is 24.5 Å². The highest BCUT2D eigenvalue weighted by Crippen LogP contribution is 2.29. The fraction of sp³-hybridized carbons (Fsp3) is 0.346. The van der Waals surface area contributed by atoms with Crippen LogP contribution in [0.2, 0.25) is 0 Å². The Balaban J connectivity index is 1.49. The zero-order valence-electron chi connectivity index (χ0n) is 18.8. The van der Waals surface area contributed by atoms with Crippen molar-refractivity contribution in [3.8, 4) is 0 Å². The Morgan fingerprint density at radius 3 is 2.38 bits per heavy atom. The van der Waals surface area contributed by atoms with Gasteiger partial charge in [-0.3, -0.25) is 9.69 Å². The molecule has 180 valence electrons. The molecule has 1 atom stereocenters. The van der Waals surface area contributed by atoms with E-state index in [1.54, 1.807) is 24.1 Å². The number of likely N-dealkylation sites (tertiary alicyclic amines) is 1. The molecule has 1 aliphatic heterocycles. The number of piperidine rings is 1. The third-order valence-electron chi connectivity index (χ3n) is 6.57. The highest BCUT2D eigenvalue weighted by Gasteiger charge is 2.33. The number of benzene rings is 2. The van der Waals surface area contributed by atoms with Crippen LogP contribution >= 0.6 is 0 Å². The summed E-state index contributed by atoms with van der Waals surface area (Å²) in [5, 5.41) is 0. The molecule has 1 amide bonds. The van der Waals surface area contributed by atoms with Crippen molar-refractivity contribution in [2.45, 2.75) is 31.8 Å². The van der Waals surface area contributed by atoms with E-state index in [0.29, 0.717) is 37.1 Å². The van der Waals surface area contributed by atoms with Crippen LogP contribution in [0.25, 0.3) is 0 Å². The van der Waals surface area contributed by atoms with Crippen molar-refractivity contribution >= 4 is 5.91 Å².